The number of nitrogens with zero attached hydrogens (tertiary/aromatic N) is 1. The van der Waals surface area contributed by atoms with Gasteiger partial charge in [0.15, 0.2) is 0 Å². The lowest BCUT2D eigenvalue weighted by Gasteiger charge is -1.94. The van der Waals surface area contributed by atoms with Crippen LogP contribution in [-0.4, -0.2) is 18.0 Å². The molecule has 0 saturated carbocycles. The predicted molar refractivity (Wildman–Crippen MR) is 41.8 cm³/mol. The van der Waals surface area contributed by atoms with Gasteiger partial charge < -0.3 is 0 Å². The van der Waals surface area contributed by atoms with Gasteiger partial charge in [0.05, 0.1) is 4.90 Å². The van der Waals surface area contributed by atoms with E-state index < -0.39 is 10.1 Å². The van der Waals surface area contributed by atoms with Crippen molar-refractivity contribution in [2.24, 2.45) is 0 Å². The molecule has 0 atom stereocenters. The highest BCUT2D eigenvalue weighted by Crippen LogP contribution is 2.12. The SMILES string of the molecule is O=S(=O)(O)c1ccnc(Br)c1. The normalized spacial score (nSPS) is 11.5. The van der Waals surface area contributed by atoms with Crippen LogP contribution >= 0.6 is 15.9 Å². The maximum atomic E-state index is 10.5. The Morgan fingerprint density at radius 2 is 2.18 bits per heavy atom. The van der Waals surface area contributed by atoms with Gasteiger partial charge in [-0.05, 0) is 28.1 Å². The van der Waals surface area contributed by atoms with E-state index in [1.807, 2.05) is 0 Å². The Bertz CT molecular complexity index is 362. The van der Waals surface area contributed by atoms with Crippen molar-refractivity contribution in [2.45, 2.75) is 4.90 Å². The van der Waals surface area contributed by atoms with Gasteiger partial charge in [0.25, 0.3) is 10.1 Å². The summed E-state index contributed by atoms with van der Waals surface area (Å²) in [5.41, 5.74) is 0. The highest BCUT2D eigenvalue weighted by molar-refractivity contribution is 9.10. The number of halogens is 1. The fraction of sp³-hybridized carbons (Fsp3) is 0. The molecule has 11 heavy (non-hydrogen) atoms. The molecule has 0 aliphatic carbocycles. The van der Waals surface area contributed by atoms with Crippen LogP contribution in [0.2, 0.25) is 0 Å². The lowest BCUT2D eigenvalue weighted by molar-refractivity contribution is 0.483. The highest BCUT2D eigenvalue weighted by atomic mass is 79.9. The van der Waals surface area contributed by atoms with Crippen LogP contribution in [0.3, 0.4) is 0 Å². The van der Waals surface area contributed by atoms with Gasteiger partial charge in [0.1, 0.15) is 4.60 Å². The van der Waals surface area contributed by atoms with Crippen molar-refractivity contribution < 1.29 is 13.0 Å². The summed E-state index contributed by atoms with van der Waals surface area (Å²) < 4.78 is 29.9. The molecule has 0 radical (unpaired) electrons. The van der Waals surface area contributed by atoms with Gasteiger partial charge in [0, 0.05) is 6.20 Å². The molecule has 0 unspecified atom stereocenters. The topological polar surface area (TPSA) is 67.3 Å². The van der Waals surface area contributed by atoms with E-state index in [0.717, 1.165) is 0 Å². The zero-order valence-corrected chi connectivity index (χ0v) is 7.63. The van der Waals surface area contributed by atoms with Crippen molar-refractivity contribution in [3.63, 3.8) is 0 Å². The average molecular weight is 238 g/mol. The fourth-order valence-corrected chi connectivity index (χ4v) is 1.55. The van der Waals surface area contributed by atoms with E-state index in [-0.39, 0.29) is 4.90 Å². The monoisotopic (exact) mass is 237 g/mol. The Kier molecular flexibility index (Phi) is 2.26. The summed E-state index contributed by atoms with van der Waals surface area (Å²) in [5.74, 6) is 0. The van der Waals surface area contributed by atoms with Crippen LogP contribution in [0.5, 0.6) is 0 Å². The summed E-state index contributed by atoms with van der Waals surface area (Å²) in [6.07, 6.45) is 1.28. The van der Waals surface area contributed by atoms with E-state index >= 15 is 0 Å². The largest absolute Gasteiger partial charge is 0.294 e. The lowest BCUT2D eigenvalue weighted by Crippen LogP contribution is -1.97. The zero-order valence-electron chi connectivity index (χ0n) is 5.23. The molecule has 0 aliphatic heterocycles. The second-order valence-corrected chi connectivity index (χ2v) is 4.02. The first-order chi connectivity index (χ1) is 5.00. The van der Waals surface area contributed by atoms with E-state index in [9.17, 15) is 8.42 Å². The number of hydrogen-bond acceptors (Lipinski definition) is 3. The second kappa shape index (κ2) is 2.88. The third-order valence-electron chi connectivity index (χ3n) is 0.996. The first kappa shape index (κ1) is 8.63. The van der Waals surface area contributed by atoms with Crippen molar-refractivity contribution in [1.82, 2.24) is 4.98 Å². The highest BCUT2D eigenvalue weighted by Gasteiger charge is 2.08. The van der Waals surface area contributed by atoms with Gasteiger partial charge in [-0.1, -0.05) is 0 Å². The van der Waals surface area contributed by atoms with Crippen LogP contribution < -0.4 is 0 Å². The molecule has 0 spiro atoms. The molecule has 1 N–H and O–H groups in total. The molecule has 1 aromatic rings. The Labute approximate surface area is 72.1 Å². The minimum Gasteiger partial charge on any atom is -0.282 e. The molecule has 1 heterocycles. The molecule has 0 fully saturated rings. The molecular weight excluding hydrogens is 234 g/mol. The second-order valence-electron chi connectivity index (χ2n) is 1.79. The summed E-state index contributed by atoms with van der Waals surface area (Å²) >= 11 is 2.97. The van der Waals surface area contributed by atoms with Crippen molar-refractivity contribution >= 4 is 26.0 Å². The standard InChI is InChI=1S/C5H4BrNO3S/c6-5-3-4(1-2-7-5)11(8,9)10/h1-3H,(H,8,9,10). The van der Waals surface area contributed by atoms with Crippen LogP contribution in [0.4, 0.5) is 0 Å². The van der Waals surface area contributed by atoms with Gasteiger partial charge in [-0.15, -0.1) is 0 Å². The molecule has 0 aromatic carbocycles. The van der Waals surface area contributed by atoms with Crippen LogP contribution in [0.1, 0.15) is 0 Å². The quantitative estimate of drug-likeness (QED) is 0.587. The molecule has 6 heteroatoms. The smallest absolute Gasteiger partial charge is 0.282 e. The molecule has 60 valence electrons. The Morgan fingerprint density at radius 3 is 2.55 bits per heavy atom. The van der Waals surface area contributed by atoms with Gasteiger partial charge in [0.2, 0.25) is 0 Å². The van der Waals surface area contributed by atoms with Crippen LogP contribution in [0.25, 0.3) is 0 Å². The maximum Gasteiger partial charge on any atom is 0.294 e. The lowest BCUT2D eigenvalue weighted by atomic mass is 10.5. The van der Waals surface area contributed by atoms with Gasteiger partial charge in [-0.3, -0.25) is 4.55 Å². The summed E-state index contributed by atoms with van der Waals surface area (Å²) in [4.78, 5) is 3.53. The summed E-state index contributed by atoms with van der Waals surface area (Å²) in [5, 5.41) is 0. The first-order valence-corrected chi connectivity index (χ1v) is 4.82. The number of rotatable bonds is 1. The fourth-order valence-electron chi connectivity index (χ4n) is 0.545. The number of pyridine rings is 1. The van der Waals surface area contributed by atoms with Crippen molar-refractivity contribution in [3.8, 4) is 0 Å². The summed E-state index contributed by atoms with van der Waals surface area (Å²) in [6.45, 7) is 0. The molecule has 0 amide bonds. The third-order valence-corrected chi connectivity index (χ3v) is 2.28. The maximum absolute atomic E-state index is 10.5. The first-order valence-electron chi connectivity index (χ1n) is 2.59. The van der Waals surface area contributed by atoms with Crippen LogP contribution in [-0.2, 0) is 10.1 Å². The zero-order chi connectivity index (χ0) is 8.48. The molecule has 0 bridgehead atoms. The van der Waals surface area contributed by atoms with Gasteiger partial charge in [-0.25, -0.2) is 4.98 Å². The van der Waals surface area contributed by atoms with E-state index in [2.05, 4.69) is 20.9 Å². The molecular formula is C5H4BrNO3S. The van der Waals surface area contributed by atoms with E-state index in [4.69, 9.17) is 4.55 Å². The molecule has 0 aliphatic rings. The van der Waals surface area contributed by atoms with Gasteiger partial charge in [-0.2, -0.15) is 8.42 Å². The number of hydrogen-bond donors (Lipinski definition) is 1. The van der Waals surface area contributed by atoms with E-state index in [1.54, 1.807) is 0 Å². The Balaban J connectivity index is 3.28. The van der Waals surface area contributed by atoms with Gasteiger partial charge >= 0.3 is 0 Å². The summed E-state index contributed by atoms with van der Waals surface area (Å²) in [7, 11) is -4.10. The van der Waals surface area contributed by atoms with E-state index in [1.165, 1.54) is 18.3 Å². The Hall–Kier alpha value is -0.460. The van der Waals surface area contributed by atoms with Crippen molar-refractivity contribution in [1.29, 1.82) is 0 Å². The van der Waals surface area contributed by atoms with Crippen molar-refractivity contribution in [3.05, 3.63) is 22.9 Å². The van der Waals surface area contributed by atoms with Crippen molar-refractivity contribution in [2.75, 3.05) is 0 Å². The van der Waals surface area contributed by atoms with Crippen LogP contribution in [0, 0.1) is 0 Å². The number of aromatic nitrogens is 1. The average Bonchev–Trinajstić information content (AvgIpc) is 1.86. The molecule has 4 nitrogen and oxygen atoms in total. The van der Waals surface area contributed by atoms with Crippen LogP contribution in [0.15, 0.2) is 27.8 Å². The third kappa shape index (κ3) is 2.25. The Morgan fingerprint density at radius 1 is 1.55 bits per heavy atom. The molecule has 1 aromatic heterocycles. The summed E-state index contributed by atoms with van der Waals surface area (Å²) in [6, 6.07) is 2.43. The van der Waals surface area contributed by atoms with E-state index in [0.29, 0.717) is 4.60 Å². The predicted octanol–water partition coefficient (Wildman–Crippen LogP) is 1.09. The molecule has 1 rings (SSSR count). The minimum atomic E-state index is -4.10. The minimum absolute atomic E-state index is 0.167. The molecule has 0 saturated heterocycles.